The highest BCUT2D eigenvalue weighted by atomic mass is 32.2. The van der Waals surface area contributed by atoms with Gasteiger partial charge in [0.2, 0.25) is 5.91 Å². The predicted molar refractivity (Wildman–Crippen MR) is 155 cm³/mol. The van der Waals surface area contributed by atoms with Gasteiger partial charge in [-0.2, -0.15) is 0 Å². The summed E-state index contributed by atoms with van der Waals surface area (Å²) >= 11 is 1.46. The van der Waals surface area contributed by atoms with Crippen LogP contribution in [0.15, 0.2) is 82.0 Å². The number of amidine groups is 1. The molecule has 1 unspecified atom stereocenters. The largest absolute Gasteiger partial charge is 0.466 e. The molecule has 2 aromatic carbocycles. The van der Waals surface area contributed by atoms with Crippen molar-refractivity contribution in [1.29, 1.82) is 0 Å². The van der Waals surface area contributed by atoms with Gasteiger partial charge in [0.1, 0.15) is 11.5 Å². The Labute approximate surface area is 238 Å². The van der Waals surface area contributed by atoms with Crippen LogP contribution in [0.3, 0.4) is 0 Å². The number of thioether (sulfide) groups is 1. The molecule has 1 amide bonds. The summed E-state index contributed by atoms with van der Waals surface area (Å²) in [4.78, 5) is 35.3. The molecule has 0 saturated carbocycles. The second-order valence-electron chi connectivity index (χ2n) is 9.57. The first-order chi connectivity index (χ1) is 19.6. The van der Waals surface area contributed by atoms with Crippen LogP contribution in [0.1, 0.15) is 31.4 Å². The standard InChI is InChI=1S/C30H34N4O5S/c1-3-25-27(29(36)37-2)28(21-8-7-11-24(18-21)39-23-9-5-4-6-10-23)34-22(20-40-30(34)32-25)19-26(35)31-12-13-33-14-16-38-17-15-33/h4-11,18,20,28H,3,12-17,19H2,1-2H3,(H,31,35). The minimum atomic E-state index is -0.517. The van der Waals surface area contributed by atoms with Crippen LogP contribution >= 0.6 is 11.8 Å². The minimum Gasteiger partial charge on any atom is -0.466 e. The van der Waals surface area contributed by atoms with E-state index in [1.807, 2.05) is 71.8 Å². The van der Waals surface area contributed by atoms with E-state index in [1.165, 1.54) is 18.9 Å². The first-order valence-electron chi connectivity index (χ1n) is 13.5. The first kappa shape index (κ1) is 27.9. The number of esters is 1. The molecule has 1 saturated heterocycles. The molecule has 10 heteroatoms. The maximum atomic E-state index is 13.2. The Kier molecular flexibility index (Phi) is 9.20. The molecule has 210 valence electrons. The summed E-state index contributed by atoms with van der Waals surface area (Å²) in [7, 11) is 1.38. The highest BCUT2D eigenvalue weighted by molar-refractivity contribution is 8.16. The number of benzene rings is 2. The number of allylic oxidation sites excluding steroid dienone is 1. The third-order valence-corrected chi connectivity index (χ3v) is 7.87. The zero-order chi connectivity index (χ0) is 27.9. The highest BCUT2D eigenvalue weighted by Gasteiger charge is 2.41. The second kappa shape index (κ2) is 13.2. The summed E-state index contributed by atoms with van der Waals surface area (Å²) < 4.78 is 16.7. The zero-order valence-electron chi connectivity index (χ0n) is 22.8. The fourth-order valence-corrected chi connectivity index (χ4v) is 5.94. The molecular formula is C30H34N4O5S. The number of hydrogen-bond donors (Lipinski definition) is 1. The summed E-state index contributed by atoms with van der Waals surface area (Å²) in [6.07, 6.45) is 0.734. The lowest BCUT2D eigenvalue weighted by atomic mass is 9.92. The number of ether oxygens (including phenoxy) is 3. The van der Waals surface area contributed by atoms with Crippen LogP contribution in [0.5, 0.6) is 11.5 Å². The second-order valence-corrected chi connectivity index (χ2v) is 10.4. The van der Waals surface area contributed by atoms with Crippen LogP contribution in [0, 0.1) is 0 Å². The lowest BCUT2D eigenvalue weighted by Crippen LogP contribution is -2.42. The van der Waals surface area contributed by atoms with Crippen molar-refractivity contribution < 1.29 is 23.8 Å². The Hall–Kier alpha value is -3.60. The third-order valence-electron chi connectivity index (χ3n) is 6.98. The molecule has 0 aromatic heterocycles. The number of carbonyl (C=O) groups is 2. The van der Waals surface area contributed by atoms with Crippen LogP contribution in [0.4, 0.5) is 0 Å². The van der Waals surface area contributed by atoms with Gasteiger partial charge >= 0.3 is 5.97 Å². The van der Waals surface area contributed by atoms with Gasteiger partial charge in [0.25, 0.3) is 0 Å². The van der Waals surface area contributed by atoms with Crippen LogP contribution in [0.25, 0.3) is 0 Å². The molecule has 0 radical (unpaired) electrons. The Morgan fingerprint density at radius 2 is 1.88 bits per heavy atom. The van der Waals surface area contributed by atoms with Crippen molar-refractivity contribution >= 4 is 28.8 Å². The number of amides is 1. The molecule has 1 N–H and O–H groups in total. The molecule has 2 aromatic rings. The summed E-state index contributed by atoms with van der Waals surface area (Å²) in [6.45, 7) is 6.53. The van der Waals surface area contributed by atoms with E-state index < -0.39 is 12.0 Å². The van der Waals surface area contributed by atoms with Crippen molar-refractivity contribution in [3.63, 3.8) is 0 Å². The summed E-state index contributed by atoms with van der Waals surface area (Å²) in [5.74, 6) is 0.847. The molecule has 0 bridgehead atoms. The van der Waals surface area contributed by atoms with E-state index in [-0.39, 0.29) is 12.3 Å². The molecule has 3 aliphatic heterocycles. The number of hydrogen-bond acceptors (Lipinski definition) is 9. The van der Waals surface area contributed by atoms with E-state index in [0.717, 1.165) is 55.0 Å². The summed E-state index contributed by atoms with van der Waals surface area (Å²) in [5, 5.41) is 5.73. The Bertz CT molecular complexity index is 1320. The zero-order valence-corrected chi connectivity index (χ0v) is 23.6. The number of rotatable bonds is 10. The molecule has 9 nitrogen and oxygen atoms in total. The van der Waals surface area contributed by atoms with Crippen LogP contribution in [-0.4, -0.2) is 73.3 Å². The lowest BCUT2D eigenvalue weighted by Gasteiger charge is -2.36. The fraction of sp³-hybridized carbons (Fsp3) is 0.367. The van der Waals surface area contributed by atoms with Crippen molar-refractivity contribution in [2.45, 2.75) is 25.8 Å². The lowest BCUT2D eigenvalue weighted by molar-refractivity contribution is -0.136. The van der Waals surface area contributed by atoms with Gasteiger partial charge in [-0.15, -0.1) is 0 Å². The van der Waals surface area contributed by atoms with Gasteiger partial charge in [-0.25, -0.2) is 9.79 Å². The van der Waals surface area contributed by atoms with Gasteiger partial charge in [-0.1, -0.05) is 49.0 Å². The topological polar surface area (TPSA) is 92.7 Å². The van der Waals surface area contributed by atoms with Crippen molar-refractivity contribution in [3.05, 3.63) is 82.5 Å². The van der Waals surface area contributed by atoms with E-state index in [4.69, 9.17) is 19.2 Å². The van der Waals surface area contributed by atoms with E-state index in [0.29, 0.717) is 30.0 Å². The van der Waals surface area contributed by atoms with Gasteiger partial charge in [0.15, 0.2) is 5.17 Å². The number of fused-ring (bicyclic) bond motifs is 1. The van der Waals surface area contributed by atoms with Crippen molar-refractivity contribution in [1.82, 2.24) is 15.1 Å². The molecule has 0 spiro atoms. The Morgan fingerprint density at radius 3 is 2.62 bits per heavy atom. The van der Waals surface area contributed by atoms with E-state index in [1.54, 1.807) is 0 Å². The van der Waals surface area contributed by atoms with E-state index >= 15 is 0 Å². The number of para-hydroxylation sites is 1. The van der Waals surface area contributed by atoms with Crippen molar-refractivity contribution in [2.24, 2.45) is 4.99 Å². The third kappa shape index (κ3) is 6.41. The van der Waals surface area contributed by atoms with Gasteiger partial charge < -0.3 is 24.4 Å². The van der Waals surface area contributed by atoms with Gasteiger partial charge in [0, 0.05) is 31.9 Å². The Balaban J connectivity index is 1.39. The SMILES string of the molecule is CCC1=C(C(=O)OC)C(c2cccc(Oc3ccccc3)c2)N2C(CC(=O)NCCN3CCOCC3)=CSC2=N1. The molecule has 1 fully saturated rings. The number of morpholine rings is 1. The molecule has 5 rings (SSSR count). The predicted octanol–water partition coefficient (Wildman–Crippen LogP) is 4.46. The quantitative estimate of drug-likeness (QED) is 0.425. The van der Waals surface area contributed by atoms with Gasteiger partial charge in [-0.05, 0) is 41.7 Å². The number of aliphatic imine (C=N–C) groups is 1. The van der Waals surface area contributed by atoms with Gasteiger partial charge in [0.05, 0.1) is 44.1 Å². The van der Waals surface area contributed by atoms with E-state index in [2.05, 4.69) is 10.2 Å². The number of nitrogens with one attached hydrogen (secondary N) is 1. The molecule has 40 heavy (non-hydrogen) atoms. The Morgan fingerprint density at radius 1 is 1.10 bits per heavy atom. The van der Waals surface area contributed by atoms with Crippen LogP contribution in [-0.2, 0) is 19.1 Å². The van der Waals surface area contributed by atoms with Crippen LogP contribution < -0.4 is 10.1 Å². The normalized spacial score (nSPS) is 19.1. The number of methoxy groups -OCH3 is 1. The van der Waals surface area contributed by atoms with Gasteiger partial charge in [-0.3, -0.25) is 9.69 Å². The molecule has 1 atom stereocenters. The maximum absolute atomic E-state index is 13.2. The number of carbonyl (C=O) groups excluding carboxylic acids is 2. The van der Waals surface area contributed by atoms with E-state index in [9.17, 15) is 9.59 Å². The molecule has 0 aliphatic carbocycles. The smallest absolute Gasteiger partial charge is 0.338 e. The fourth-order valence-electron chi connectivity index (χ4n) is 5.01. The monoisotopic (exact) mass is 562 g/mol. The first-order valence-corrected chi connectivity index (χ1v) is 14.4. The van der Waals surface area contributed by atoms with Crippen LogP contribution in [0.2, 0.25) is 0 Å². The summed E-state index contributed by atoms with van der Waals surface area (Å²) in [6, 6.07) is 16.7. The molecule has 3 aliphatic rings. The molecular weight excluding hydrogens is 528 g/mol. The van der Waals surface area contributed by atoms with Crippen molar-refractivity contribution in [3.8, 4) is 11.5 Å². The average molecular weight is 563 g/mol. The molecule has 3 heterocycles. The summed E-state index contributed by atoms with van der Waals surface area (Å²) in [5.41, 5.74) is 2.76. The maximum Gasteiger partial charge on any atom is 0.338 e. The minimum absolute atomic E-state index is 0.0776. The number of nitrogens with zero attached hydrogens (tertiary/aromatic N) is 3. The van der Waals surface area contributed by atoms with Crippen molar-refractivity contribution in [2.75, 3.05) is 46.5 Å². The highest BCUT2D eigenvalue weighted by Crippen LogP contribution is 2.46. The average Bonchev–Trinajstić information content (AvgIpc) is 3.38.